The first-order chi connectivity index (χ1) is 11.4. The number of benzene rings is 1. The summed E-state index contributed by atoms with van der Waals surface area (Å²) in [5.74, 6) is 1.61. The van der Waals surface area contributed by atoms with E-state index >= 15 is 0 Å². The number of rotatable bonds is 4. The SMILES string of the molecule is Cc1ccc(N(C)C(=O)COc2cccc3c2OC(C)(C)C3)nn1. The number of ether oxygens (including phenoxy) is 2. The Hall–Kier alpha value is -2.63. The maximum Gasteiger partial charge on any atom is 0.265 e. The molecule has 1 aromatic carbocycles. The highest BCUT2D eigenvalue weighted by molar-refractivity contribution is 5.92. The number of fused-ring (bicyclic) bond motifs is 1. The summed E-state index contributed by atoms with van der Waals surface area (Å²) in [4.78, 5) is 13.8. The lowest BCUT2D eigenvalue weighted by atomic mass is 10.0. The number of aromatic nitrogens is 2. The number of nitrogens with zero attached hydrogens (tertiary/aromatic N) is 3. The summed E-state index contributed by atoms with van der Waals surface area (Å²) in [6.07, 6.45) is 0.826. The van der Waals surface area contributed by atoms with E-state index in [1.807, 2.05) is 45.0 Å². The molecule has 0 unspecified atom stereocenters. The summed E-state index contributed by atoms with van der Waals surface area (Å²) in [7, 11) is 1.65. The third-order valence-electron chi connectivity index (χ3n) is 3.91. The zero-order chi connectivity index (χ0) is 17.3. The molecule has 1 aliphatic heterocycles. The van der Waals surface area contributed by atoms with E-state index in [4.69, 9.17) is 9.47 Å². The Balaban J connectivity index is 1.67. The smallest absolute Gasteiger partial charge is 0.265 e. The lowest BCUT2D eigenvalue weighted by Crippen LogP contribution is -2.32. The fourth-order valence-electron chi connectivity index (χ4n) is 2.64. The maximum absolute atomic E-state index is 12.3. The molecule has 0 saturated carbocycles. The van der Waals surface area contributed by atoms with Crippen molar-refractivity contribution in [2.75, 3.05) is 18.6 Å². The summed E-state index contributed by atoms with van der Waals surface area (Å²) >= 11 is 0. The lowest BCUT2D eigenvalue weighted by molar-refractivity contribution is -0.120. The van der Waals surface area contributed by atoms with Crippen LogP contribution < -0.4 is 14.4 Å². The average Bonchev–Trinajstić information content (AvgIpc) is 2.87. The van der Waals surface area contributed by atoms with Gasteiger partial charge < -0.3 is 9.47 Å². The Labute approximate surface area is 141 Å². The molecule has 0 N–H and O–H groups in total. The molecule has 126 valence electrons. The number of hydrogen-bond acceptors (Lipinski definition) is 5. The second kappa shape index (κ2) is 6.11. The molecule has 2 heterocycles. The predicted octanol–water partition coefficient (Wildman–Crippen LogP) is 2.54. The van der Waals surface area contributed by atoms with Crippen LogP contribution in [-0.4, -0.2) is 35.4 Å². The van der Waals surface area contributed by atoms with E-state index in [0.717, 1.165) is 23.4 Å². The van der Waals surface area contributed by atoms with Crippen molar-refractivity contribution < 1.29 is 14.3 Å². The van der Waals surface area contributed by atoms with Crippen LogP contribution in [0.4, 0.5) is 5.82 Å². The van der Waals surface area contributed by atoms with E-state index in [-0.39, 0.29) is 18.1 Å². The van der Waals surface area contributed by atoms with E-state index in [9.17, 15) is 4.79 Å². The molecule has 0 bridgehead atoms. The minimum atomic E-state index is -0.250. The molecule has 6 heteroatoms. The molecular formula is C18H21N3O3. The van der Waals surface area contributed by atoms with Gasteiger partial charge in [-0.3, -0.25) is 9.69 Å². The Bertz CT molecular complexity index is 757. The normalized spacial score (nSPS) is 14.7. The van der Waals surface area contributed by atoms with Gasteiger partial charge in [0.25, 0.3) is 5.91 Å². The first kappa shape index (κ1) is 16.2. The molecule has 0 spiro atoms. The largest absolute Gasteiger partial charge is 0.483 e. The molecule has 0 saturated heterocycles. The van der Waals surface area contributed by atoms with Gasteiger partial charge in [0, 0.05) is 19.0 Å². The fourth-order valence-corrected chi connectivity index (χ4v) is 2.64. The van der Waals surface area contributed by atoms with Gasteiger partial charge in [-0.1, -0.05) is 12.1 Å². The minimum absolute atomic E-state index is 0.0910. The first-order valence-corrected chi connectivity index (χ1v) is 7.86. The lowest BCUT2D eigenvalue weighted by Gasteiger charge is -2.19. The van der Waals surface area contributed by atoms with E-state index in [1.54, 1.807) is 13.1 Å². The van der Waals surface area contributed by atoms with Gasteiger partial charge in [-0.05, 0) is 39.0 Å². The second-order valence-electron chi connectivity index (χ2n) is 6.56. The van der Waals surface area contributed by atoms with Crippen LogP contribution in [0.3, 0.4) is 0 Å². The molecule has 1 aromatic heterocycles. The maximum atomic E-state index is 12.3. The van der Waals surface area contributed by atoms with Crippen molar-refractivity contribution in [3.05, 3.63) is 41.6 Å². The highest BCUT2D eigenvalue weighted by atomic mass is 16.5. The Morgan fingerprint density at radius 3 is 2.79 bits per heavy atom. The molecule has 0 radical (unpaired) electrons. The van der Waals surface area contributed by atoms with Crippen LogP contribution in [-0.2, 0) is 11.2 Å². The zero-order valence-corrected chi connectivity index (χ0v) is 14.4. The van der Waals surface area contributed by atoms with Crippen molar-refractivity contribution in [2.24, 2.45) is 0 Å². The van der Waals surface area contributed by atoms with Gasteiger partial charge in [0.15, 0.2) is 23.9 Å². The summed E-state index contributed by atoms with van der Waals surface area (Å²) in [6.45, 7) is 5.82. The molecule has 3 rings (SSSR count). The molecule has 0 aliphatic carbocycles. The molecule has 0 fully saturated rings. The van der Waals surface area contributed by atoms with Crippen LogP contribution in [0.5, 0.6) is 11.5 Å². The number of likely N-dealkylation sites (N-methyl/N-ethyl adjacent to an activating group) is 1. The Kier molecular flexibility index (Phi) is 4.13. The number of amides is 1. The molecule has 2 aromatic rings. The molecule has 24 heavy (non-hydrogen) atoms. The van der Waals surface area contributed by atoms with Gasteiger partial charge in [-0.25, -0.2) is 0 Å². The molecular weight excluding hydrogens is 306 g/mol. The van der Waals surface area contributed by atoms with Crippen LogP contribution in [0.25, 0.3) is 0 Å². The van der Waals surface area contributed by atoms with Gasteiger partial charge in [0.2, 0.25) is 0 Å². The van der Waals surface area contributed by atoms with Crippen molar-refractivity contribution >= 4 is 11.7 Å². The van der Waals surface area contributed by atoms with Gasteiger partial charge in [0.1, 0.15) is 5.60 Å². The molecule has 1 amide bonds. The van der Waals surface area contributed by atoms with Crippen molar-refractivity contribution in [1.82, 2.24) is 10.2 Å². The second-order valence-corrected chi connectivity index (χ2v) is 6.56. The number of carbonyl (C=O) groups excluding carboxylic acids is 1. The van der Waals surface area contributed by atoms with Crippen LogP contribution in [0.2, 0.25) is 0 Å². The quantitative estimate of drug-likeness (QED) is 0.863. The summed E-state index contributed by atoms with van der Waals surface area (Å²) in [6, 6.07) is 9.32. The van der Waals surface area contributed by atoms with Gasteiger partial charge in [-0.15, -0.1) is 5.10 Å². The van der Waals surface area contributed by atoms with E-state index in [2.05, 4.69) is 10.2 Å². The first-order valence-electron chi connectivity index (χ1n) is 7.86. The zero-order valence-electron chi connectivity index (χ0n) is 14.4. The highest BCUT2D eigenvalue weighted by Crippen LogP contribution is 2.41. The van der Waals surface area contributed by atoms with E-state index in [0.29, 0.717) is 11.6 Å². The monoisotopic (exact) mass is 327 g/mol. The summed E-state index contributed by atoms with van der Waals surface area (Å²) in [5.41, 5.74) is 1.65. The molecule has 6 nitrogen and oxygen atoms in total. The van der Waals surface area contributed by atoms with Crippen molar-refractivity contribution in [1.29, 1.82) is 0 Å². The van der Waals surface area contributed by atoms with Crippen molar-refractivity contribution in [3.8, 4) is 11.5 Å². The van der Waals surface area contributed by atoms with Crippen LogP contribution in [0, 0.1) is 6.92 Å². The minimum Gasteiger partial charge on any atom is -0.483 e. The molecule has 0 atom stereocenters. The highest BCUT2D eigenvalue weighted by Gasteiger charge is 2.32. The topological polar surface area (TPSA) is 64.6 Å². The molecule has 1 aliphatic rings. The van der Waals surface area contributed by atoms with Crippen LogP contribution in [0.1, 0.15) is 25.1 Å². The third kappa shape index (κ3) is 3.32. The average molecular weight is 327 g/mol. The number of para-hydroxylation sites is 1. The van der Waals surface area contributed by atoms with Crippen LogP contribution >= 0.6 is 0 Å². The number of hydrogen-bond donors (Lipinski definition) is 0. The van der Waals surface area contributed by atoms with E-state index in [1.165, 1.54) is 4.90 Å². The summed E-state index contributed by atoms with van der Waals surface area (Å²) < 4.78 is 11.6. The van der Waals surface area contributed by atoms with E-state index < -0.39 is 0 Å². The fraction of sp³-hybridized carbons (Fsp3) is 0.389. The predicted molar refractivity (Wildman–Crippen MR) is 90.5 cm³/mol. The van der Waals surface area contributed by atoms with Crippen molar-refractivity contribution in [3.63, 3.8) is 0 Å². The van der Waals surface area contributed by atoms with Crippen LogP contribution in [0.15, 0.2) is 30.3 Å². The van der Waals surface area contributed by atoms with Gasteiger partial charge in [0.05, 0.1) is 5.69 Å². The van der Waals surface area contributed by atoms with Gasteiger partial charge >= 0.3 is 0 Å². The summed E-state index contributed by atoms with van der Waals surface area (Å²) in [5, 5.41) is 7.97. The Morgan fingerprint density at radius 1 is 1.29 bits per heavy atom. The van der Waals surface area contributed by atoms with Gasteiger partial charge in [-0.2, -0.15) is 5.10 Å². The third-order valence-corrected chi connectivity index (χ3v) is 3.91. The standard InChI is InChI=1S/C18H21N3O3/c1-12-8-9-15(20-19-12)21(4)16(22)11-23-14-7-5-6-13-10-18(2,3)24-17(13)14/h5-9H,10-11H2,1-4H3. The number of anilines is 1. The number of aryl methyl sites for hydroxylation is 1. The Morgan fingerprint density at radius 2 is 2.08 bits per heavy atom. The number of carbonyl (C=O) groups is 1. The van der Waals surface area contributed by atoms with Crippen molar-refractivity contribution in [2.45, 2.75) is 32.8 Å².